The molecule has 0 radical (unpaired) electrons. The third kappa shape index (κ3) is 2.83. The van der Waals surface area contributed by atoms with Crippen LogP contribution in [-0.2, 0) is 6.42 Å². The summed E-state index contributed by atoms with van der Waals surface area (Å²) < 4.78 is 0. The summed E-state index contributed by atoms with van der Waals surface area (Å²) in [4.78, 5) is 2.24. The summed E-state index contributed by atoms with van der Waals surface area (Å²) in [6.07, 6.45) is 8.43. The Morgan fingerprint density at radius 3 is 2.79 bits per heavy atom. The van der Waals surface area contributed by atoms with Crippen LogP contribution in [0, 0.1) is 5.92 Å². The molecule has 2 heteroatoms. The number of halogens is 1. The Hall–Kier alpha value is 0.180. The molecule has 14 heavy (non-hydrogen) atoms. The molecule has 1 aliphatic rings. The van der Waals surface area contributed by atoms with Gasteiger partial charge in [-0.25, -0.2) is 0 Å². The zero-order valence-electron chi connectivity index (χ0n) is 8.42. The van der Waals surface area contributed by atoms with Gasteiger partial charge in [-0.2, -0.15) is 0 Å². The average molecular weight is 273 g/mol. The monoisotopic (exact) mass is 272 g/mol. The molecule has 1 heterocycles. The highest BCUT2D eigenvalue weighted by Gasteiger charge is 2.21. The fourth-order valence-electron chi connectivity index (χ4n) is 2.28. The molecule has 0 N–H and O–H groups in total. The van der Waals surface area contributed by atoms with Crippen LogP contribution in [0.3, 0.4) is 0 Å². The first-order chi connectivity index (χ1) is 6.86. The lowest BCUT2D eigenvalue weighted by Gasteiger charge is -2.26. The average Bonchev–Trinajstić information content (AvgIpc) is 2.72. The van der Waals surface area contributed by atoms with Gasteiger partial charge in [-0.1, -0.05) is 41.3 Å². The van der Waals surface area contributed by atoms with Crippen LogP contribution in [0.5, 0.6) is 0 Å². The van der Waals surface area contributed by atoms with E-state index in [1.54, 1.807) is 0 Å². The summed E-state index contributed by atoms with van der Waals surface area (Å²) in [7, 11) is 0. The van der Waals surface area contributed by atoms with Gasteiger partial charge in [-0.15, -0.1) is 11.3 Å². The Kier molecular flexibility index (Phi) is 4.06. The maximum absolute atomic E-state index is 3.87. The van der Waals surface area contributed by atoms with Crippen LogP contribution in [-0.4, -0.2) is 4.83 Å². The van der Waals surface area contributed by atoms with Crippen molar-refractivity contribution >= 4 is 27.3 Å². The first kappa shape index (κ1) is 10.7. The number of alkyl halides is 1. The minimum Gasteiger partial charge on any atom is -0.149 e. The predicted octanol–water partition coefficient (Wildman–Crippen LogP) is 4.63. The Morgan fingerprint density at radius 2 is 2.14 bits per heavy atom. The summed E-state index contributed by atoms with van der Waals surface area (Å²) >= 11 is 5.75. The Morgan fingerprint density at radius 1 is 1.36 bits per heavy atom. The Bertz CT molecular complexity index is 249. The van der Waals surface area contributed by atoms with E-state index in [0.717, 1.165) is 5.92 Å². The Labute approximate surface area is 98.9 Å². The van der Waals surface area contributed by atoms with E-state index in [1.807, 2.05) is 11.3 Å². The van der Waals surface area contributed by atoms with Crippen molar-refractivity contribution in [2.75, 3.05) is 0 Å². The molecule has 78 valence electrons. The first-order valence-corrected chi connectivity index (χ1v) is 7.32. The number of rotatable bonds is 3. The number of thiophene rings is 1. The quantitative estimate of drug-likeness (QED) is 0.704. The summed E-state index contributed by atoms with van der Waals surface area (Å²) in [6, 6.07) is 4.41. The van der Waals surface area contributed by atoms with Crippen molar-refractivity contribution in [3.8, 4) is 0 Å². The topological polar surface area (TPSA) is 0 Å². The van der Waals surface area contributed by atoms with Crippen molar-refractivity contribution < 1.29 is 0 Å². The third-order valence-corrected chi connectivity index (χ3v) is 5.11. The second kappa shape index (κ2) is 5.32. The molecule has 1 saturated carbocycles. The van der Waals surface area contributed by atoms with Gasteiger partial charge >= 0.3 is 0 Å². The molecule has 2 rings (SSSR count). The molecule has 1 fully saturated rings. The maximum atomic E-state index is 3.87. The maximum Gasteiger partial charge on any atom is 0.0222 e. The first-order valence-electron chi connectivity index (χ1n) is 5.53. The van der Waals surface area contributed by atoms with Gasteiger partial charge in [0.1, 0.15) is 0 Å². The van der Waals surface area contributed by atoms with Crippen molar-refractivity contribution in [2.24, 2.45) is 5.92 Å². The van der Waals surface area contributed by atoms with Crippen LogP contribution < -0.4 is 0 Å². The third-order valence-electron chi connectivity index (χ3n) is 3.14. The zero-order chi connectivity index (χ0) is 9.80. The molecular weight excluding hydrogens is 256 g/mol. The van der Waals surface area contributed by atoms with Crippen molar-refractivity contribution in [3.63, 3.8) is 0 Å². The van der Waals surface area contributed by atoms with Gasteiger partial charge in [-0.05, 0) is 36.6 Å². The van der Waals surface area contributed by atoms with E-state index in [0.29, 0.717) is 4.83 Å². The van der Waals surface area contributed by atoms with E-state index >= 15 is 0 Å². The number of hydrogen-bond donors (Lipinski definition) is 0. The van der Waals surface area contributed by atoms with E-state index in [1.165, 1.54) is 43.4 Å². The highest BCUT2D eigenvalue weighted by atomic mass is 79.9. The van der Waals surface area contributed by atoms with Crippen LogP contribution in [0.15, 0.2) is 17.5 Å². The lowest BCUT2D eigenvalue weighted by molar-refractivity contribution is 0.351. The molecule has 0 aromatic carbocycles. The largest absolute Gasteiger partial charge is 0.149 e. The van der Waals surface area contributed by atoms with E-state index in [9.17, 15) is 0 Å². The molecule has 0 nitrogen and oxygen atoms in total. The fraction of sp³-hybridized carbons (Fsp3) is 0.667. The highest BCUT2D eigenvalue weighted by Crippen LogP contribution is 2.32. The molecular formula is C12H17BrS. The molecule has 0 amide bonds. The fourth-order valence-corrected chi connectivity index (χ4v) is 4.14. The minimum absolute atomic E-state index is 0.710. The molecule has 1 atom stereocenters. The van der Waals surface area contributed by atoms with Crippen molar-refractivity contribution in [2.45, 2.75) is 43.4 Å². The summed E-state index contributed by atoms with van der Waals surface area (Å²) in [5, 5.41) is 2.18. The van der Waals surface area contributed by atoms with E-state index < -0.39 is 0 Å². The SMILES string of the molecule is BrC(Cc1cccs1)C1CCCCC1. The van der Waals surface area contributed by atoms with Gasteiger partial charge in [0.15, 0.2) is 0 Å². The van der Waals surface area contributed by atoms with Crippen LogP contribution in [0.2, 0.25) is 0 Å². The van der Waals surface area contributed by atoms with E-state index in [4.69, 9.17) is 0 Å². The van der Waals surface area contributed by atoms with Gasteiger partial charge < -0.3 is 0 Å². The summed E-state index contributed by atoms with van der Waals surface area (Å²) in [5.41, 5.74) is 0. The van der Waals surface area contributed by atoms with Crippen LogP contribution in [0.25, 0.3) is 0 Å². The normalized spacial score (nSPS) is 20.9. The smallest absolute Gasteiger partial charge is 0.0222 e. The van der Waals surface area contributed by atoms with Gasteiger partial charge in [0.2, 0.25) is 0 Å². The van der Waals surface area contributed by atoms with Gasteiger partial charge in [0.25, 0.3) is 0 Å². The van der Waals surface area contributed by atoms with Crippen molar-refractivity contribution in [1.29, 1.82) is 0 Å². The van der Waals surface area contributed by atoms with Crippen molar-refractivity contribution in [3.05, 3.63) is 22.4 Å². The molecule has 0 bridgehead atoms. The van der Waals surface area contributed by atoms with Gasteiger partial charge in [-0.3, -0.25) is 0 Å². The molecule has 0 spiro atoms. The van der Waals surface area contributed by atoms with E-state index in [-0.39, 0.29) is 0 Å². The molecule has 1 unspecified atom stereocenters. The highest BCUT2D eigenvalue weighted by molar-refractivity contribution is 9.09. The minimum atomic E-state index is 0.710. The summed E-state index contributed by atoms with van der Waals surface area (Å²) in [5.74, 6) is 0.922. The lowest BCUT2D eigenvalue weighted by atomic mass is 9.86. The Balaban J connectivity index is 1.85. The van der Waals surface area contributed by atoms with Gasteiger partial charge in [0.05, 0.1) is 0 Å². The second-order valence-electron chi connectivity index (χ2n) is 4.20. The van der Waals surface area contributed by atoms with Gasteiger partial charge in [0, 0.05) is 9.70 Å². The van der Waals surface area contributed by atoms with Crippen LogP contribution in [0.4, 0.5) is 0 Å². The predicted molar refractivity (Wildman–Crippen MR) is 67.3 cm³/mol. The molecule has 0 saturated heterocycles. The lowest BCUT2D eigenvalue weighted by Crippen LogP contribution is -2.19. The standard InChI is InChI=1S/C12H17BrS/c13-12(9-11-7-4-8-14-11)10-5-2-1-3-6-10/h4,7-8,10,12H,1-3,5-6,9H2. The second-order valence-corrected chi connectivity index (χ2v) is 6.41. The molecule has 1 aliphatic carbocycles. The van der Waals surface area contributed by atoms with Crippen LogP contribution >= 0.6 is 27.3 Å². The van der Waals surface area contributed by atoms with Crippen molar-refractivity contribution in [1.82, 2.24) is 0 Å². The van der Waals surface area contributed by atoms with Crippen LogP contribution in [0.1, 0.15) is 37.0 Å². The summed E-state index contributed by atoms with van der Waals surface area (Å²) in [6.45, 7) is 0. The molecule has 1 aromatic heterocycles. The number of hydrogen-bond acceptors (Lipinski definition) is 1. The zero-order valence-corrected chi connectivity index (χ0v) is 10.8. The molecule has 1 aromatic rings. The molecule has 0 aliphatic heterocycles. The van der Waals surface area contributed by atoms with E-state index in [2.05, 4.69) is 33.4 Å².